The normalized spacial score (nSPS) is 10.5. The van der Waals surface area contributed by atoms with Gasteiger partial charge in [0.05, 0.1) is 5.56 Å². The number of hydrogen-bond donors (Lipinski definition) is 1. The number of amides is 1. The Morgan fingerprint density at radius 3 is 2.74 bits per heavy atom. The Hall–Kier alpha value is -3.22. The predicted molar refractivity (Wildman–Crippen MR) is 79.3 cm³/mol. The van der Waals surface area contributed by atoms with Crippen LogP contribution in [0.3, 0.4) is 0 Å². The lowest BCUT2D eigenvalue weighted by Crippen LogP contribution is -2.20. The first-order chi connectivity index (χ1) is 11.1. The van der Waals surface area contributed by atoms with Gasteiger partial charge in [-0.3, -0.25) is 4.79 Å². The number of benzene rings is 2. The first kappa shape index (κ1) is 14.7. The number of ether oxygens (including phenoxy) is 1. The monoisotopic (exact) mass is 314 g/mol. The van der Waals surface area contributed by atoms with Crippen LogP contribution in [0.15, 0.2) is 53.3 Å². The molecule has 0 saturated carbocycles. The summed E-state index contributed by atoms with van der Waals surface area (Å²) in [6, 6.07) is 9.88. The van der Waals surface area contributed by atoms with Crippen molar-refractivity contribution in [2.45, 2.75) is 0 Å². The number of carbonyl (C=O) groups excluding carboxylic acids is 2. The summed E-state index contributed by atoms with van der Waals surface area (Å²) in [4.78, 5) is 27.5. The second-order valence-electron chi connectivity index (χ2n) is 4.67. The van der Waals surface area contributed by atoms with Crippen molar-refractivity contribution in [3.8, 4) is 0 Å². The number of anilines is 1. The molecule has 6 nitrogen and oxygen atoms in total. The van der Waals surface area contributed by atoms with Crippen LogP contribution in [0.2, 0.25) is 0 Å². The van der Waals surface area contributed by atoms with E-state index in [-0.39, 0.29) is 5.56 Å². The second-order valence-corrected chi connectivity index (χ2v) is 4.67. The molecule has 116 valence electrons. The molecule has 0 aliphatic carbocycles. The molecule has 3 aromatic rings. The minimum atomic E-state index is -0.649. The van der Waals surface area contributed by atoms with Crippen LogP contribution in [0.25, 0.3) is 11.1 Å². The van der Waals surface area contributed by atoms with E-state index >= 15 is 0 Å². The van der Waals surface area contributed by atoms with Gasteiger partial charge in [-0.05, 0) is 42.5 Å². The standard InChI is InChI=1S/C16H11FN2O4/c17-11-2-4-12(5-3-11)19-15(20)8-22-16(21)10-1-6-14-13(7-10)18-9-23-14/h1-7,9H,8H2,(H,19,20). The Balaban J connectivity index is 1.57. The fourth-order valence-electron chi connectivity index (χ4n) is 1.93. The third kappa shape index (κ3) is 3.52. The molecule has 1 N–H and O–H groups in total. The van der Waals surface area contributed by atoms with Gasteiger partial charge in [-0.25, -0.2) is 14.2 Å². The van der Waals surface area contributed by atoms with E-state index in [2.05, 4.69) is 10.3 Å². The van der Waals surface area contributed by atoms with Gasteiger partial charge in [-0.15, -0.1) is 0 Å². The predicted octanol–water partition coefficient (Wildman–Crippen LogP) is 2.76. The lowest BCUT2D eigenvalue weighted by Gasteiger charge is -2.06. The van der Waals surface area contributed by atoms with Crippen LogP contribution in [-0.2, 0) is 9.53 Å². The molecular weight excluding hydrogens is 303 g/mol. The van der Waals surface area contributed by atoms with Crippen molar-refractivity contribution in [3.63, 3.8) is 0 Å². The molecule has 0 bridgehead atoms. The number of oxazole rings is 1. The van der Waals surface area contributed by atoms with Crippen molar-refractivity contribution < 1.29 is 23.1 Å². The van der Waals surface area contributed by atoms with Gasteiger partial charge in [-0.1, -0.05) is 0 Å². The third-order valence-corrected chi connectivity index (χ3v) is 3.03. The molecule has 7 heteroatoms. The van der Waals surface area contributed by atoms with E-state index in [0.717, 1.165) is 0 Å². The van der Waals surface area contributed by atoms with Gasteiger partial charge in [0.1, 0.15) is 11.3 Å². The van der Waals surface area contributed by atoms with E-state index in [4.69, 9.17) is 9.15 Å². The van der Waals surface area contributed by atoms with Gasteiger partial charge in [-0.2, -0.15) is 0 Å². The van der Waals surface area contributed by atoms with Crippen LogP contribution in [-0.4, -0.2) is 23.5 Å². The molecule has 0 fully saturated rings. The van der Waals surface area contributed by atoms with Gasteiger partial charge < -0.3 is 14.5 Å². The van der Waals surface area contributed by atoms with Gasteiger partial charge in [0.2, 0.25) is 0 Å². The zero-order valence-electron chi connectivity index (χ0n) is 11.8. The Morgan fingerprint density at radius 1 is 1.17 bits per heavy atom. The van der Waals surface area contributed by atoms with Crippen molar-refractivity contribution in [1.29, 1.82) is 0 Å². The molecule has 0 radical (unpaired) electrons. The summed E-state index contributed by atoms with van der Waals surface area (Å²) < 4.78 is 22.8. The largest absolute Gasteiger partial charge is 0.452 e. The third-order valence-electron chi connectivity index (χ3n) is 3.03. The van der Waals surface area contributed by atoms with E-state index in [9.17, 15) is 14.0 Å². The number of aromatic nitrogens is 1. The molecule has 0 aliphatic rings. The van der Waals surface area contributed by atoms with Crippen LogP contribution in [0.5, 0.6) is 0 Å². The summed E-state index contributed by atoms with van der Waals surface area (Å²) in [6.45, 7) is -0.451. The lowest BCUT2D eigenvalue weighted by molar-refractivity contribution is -0.119. The first-order valence-electron chi connectivity index (χ1n) is 6.67. The molecule has 0 unspecified atom stereocenters. The van der Waals surface area contributed by atoms with Gasteiger partial charge >= 0.3 is 5.97 Å². The zero-order valence-corrected chi connectivity index (χ0v) is 11.8. The Morgan fingerprint density at radius 2 is 1.96 bits per heavy atom. The molecule has 1 heterocycles. The van der Waals surface area contributed by atoms with Crippen molar-refractivity contribution in [1.82, 2.24) is 4.98 Å². The van der Waals surface area contributed by atoms with Crippen molar-refractivity contribution in [2.24, 2.45) is 0 Å². The average Bonchev–Trinajstić information content (AvgIpc) is 3.02. The van der Waals surface area contributed by atoms with E-state index in [1.165, 1.54) is 42.8 Å². The second kappa shape index (κ2) is 6.27. The minimum absolute atomic E-state index is 0.265. The Kier molecular flexibility index (Phi) is 4.01. The topological polar surface area (TPSA) is 81.4 Å². The fraction of sp³-hybridized carbons (Fsp3) is 0.0625. The fourth-order valence-corrected chi connectivity index (χ4v) is 1.93. The first-order valence-corrected chi connectivity index (χ1v) is 6.67. The number of fused-ring (bicyclic) bond motifs is 1. The molecule has 0 spiro atoms. The number of rotatable bonds is 4. The smallest absolute Gasteiger partial charge is 0.338 e. The SMILES string of the molecule is O=C(COC(=O)c1ccc2ocnc2c1)Nc1ccc(F)cc1. The quantitative estimate of drug-likeness (QED) is 0.749. The van der Waals surface area contributed by atoms with Crippen LogP contribution in [0.4, 0.5) is 10.1 Å². The number of nitrogens with one attached hydrogen (secondary N) is 1. The molecule has 23 heavy (non-hydrogen) atoms. The maximum Gasteiger partial charge on any atom is 0.338 e. The number of hydrogen-bond acceptors (Lipinski definition) is 5. The number of esters is 1. The van der Waals surface area contributed by atoms with Crippen molar-refractivity contribution >= 4 is 28.7 Å². The van der Waals surface area contributed by atoms with Crippen LogP contribution in [0, 0.1) is 5.82 Å². The number of halogens is 1. The van der Waals surface area contributed by atoms with Crippen LogP contribution < -0.4 is 5.32 Å². The summed E-state index contributed by atoms with van der Waals surface area (Å²) in [6.07, 6.45) is 1.27. The summed E-state index contributed by atoms with van der Waals surface area (Å²) in [5, 5.41) is 2.49. The van der Waals surface area contributed by atoms with Crippen LogP contribution >= 0.6 is 0 Å². The minimum Gasteiger partial charge on any atom is -0.452 e. The zero-order chi connectivity index (χ0) is 16.2. The summed E-state index contributed by atoms with van der Waals surface area (Å²) in [5.41, 5.74) is 1.75. The highest BCUT2D eigenvalue weighted by molar-refractivity contribution is 5.96. The molecule has 0 saturated heterocycles. The Bertz CT molecular complexity index is 858. The maximum atomic E-state index is 12.8. The lowest BCUT2D eigenvalue weighted by atomic mass is 10.2. The molecule has 0 aliphatic heterocycles. The molecule has 1 aromatic heterocycles. The summed E-state index contributed by atoms with van der Waals surface area (Å²) >= 11 is 0. The molecule has 3 rings (SSSR count). The van der Waals surface area contributed by atoms with E-state index < -0.39 is 24.3 Å². The number of carbonyl (C=O) groups is 2. The average molecular weight is 314 g/mol. The maximum absolute atomic E-state index is 12.8. The molecule has 1 amide bonds. The highest BCUT2D eigenvalue weighted by atomic mass is 19.1. The van der Waals surface area contributed by atoms with Crippen molar-refractivity contribution in [2.75, 3.05) is 11.9 Å². The van der Waals surface area contributed by atoms with E-state index in [1.54, 1.807) is 6.07 Å². The van der Waals surface area contributed by atoms with Crippen LogP contribution in [0.1, 0.15) is 10.4 Å². The highest BCUT2D eigenvalue weighted by Crippen LogP contribution is 2.15. The van der Waals surface area contributed by atoms with Crippen molar-refractivity contribution in [3.05, 3.63) is 60.2 Å². The highest BCUT2D eigenvalue weighted by Gasteiger charge is 2.12. The van der Waals surface area contributed by atoms with Gasteiger partial charge in [0.15, 0.2) is 18.6 Å². The van der Waals surface area contributed by atoms with Gasteiger partial charge in [0, 0.05) is 5.69 Å². The summed E-state index contributed by atoms with van der Waals surface area (Å²) in [5.74, 6) is -1.57. The molecule has 0 atom stereocenters. The Labute approximate surface area is 129 Å². The number of nitrogens with zero attached hydrogens (tertiary/aromatic N) is 1. The van der Waals surface area contributed by atoms with E-state index in [1.807, 2.05) is 0 Å². The molecule has 2 aromatic carbocycles. The van der Waals surface area contributed by atoms with E-state index in [0.29, 0.717) is 16.8 Å². The summed E-state index contributed by atoms with van der Waals surface area (Å²) in [7, 11) is 0. The van der Waals surface area contributed by atoms with Gasteiger partial charge in [0.25, 0.3) is 5.91 Å². The molecular formula is C16H11FN2O4.